The minimum absolute atomic E-state index is 0.0402. The predicted molar refractivity (Wildman–Crippen MR) is 228 cm³/mol. The molecule has 3 unspecified atom stereocenters. The van der Waals surface area contributed by atoms with E-state index in [0.29, 0.717) is 13.0 Å². The number of ether oxygens (including phenoxy) is 2. The number of phosphoric acid groups is 1. The number of aliphatic hydroxyl groups excluding tert-OH is 2. The number of phosphoric ester groups is 1. The Morgan fingerprint density at radius 1 is 0.582 bits per heavy atom. The van der Waals surface area contributed by atoms with Gasteiger partial charge in [-0.05, 0) is 70.6 Å². The van der Waals surface area contributed by atoms with Crippen LogP contribution in [0.2, 0.25) is 0 Å². The van der Waals surface area contributed by atoms with E-state index in [1.165, 1.54) is 83.5 Å². The lowest BCUT2D eigenvalue weighted by Gasteiger charge is -2.20. The fourth-order valence-electron chi connectivity index (χ4n) is 5.89. The van der Waals surface area contributed by atoms with Crippen molar-refractivity contribution in [3.05, 3.63) is 48.6 Å². The standard InChI is InChI=1S/C45H83O9P/c1-3-5-7-9-11-13-15-17-19-21-22-24-26-28-30-32-34-36-38-51-41-44(42-53-55(49,50)52-40-43(47)39-46)54-45(48)37-35-33-31-29-27-25-23-20-18-16-14-12-10-8-6-4-2/h5,7,11,13,17,19-20,23,43-44,46-47H,3-4,6,8-10,12,14-16,18,21-22,24-42H2,1-2H3,(H,49,50)/b7-5-,13-11-,19-17-,23-20-. The fourth-order valence-corrected chi connectivity index (χ4v) is 6.68. The van der Waals surface area contributed by atoms with E-state index in [2.05, 4.69) is 62.5 Å². The van der Waals surface area contributed by atoms with Crippen molar-refractivity contribution in [3.8, 4) is 0 Å². The molecule has 0 aliphatic carbocycles. The van der Waals surface area contributed by atoms with Crippen LogP contribution in [0.3, 0.4) is 0 Å². The Bertz CT molecular complexity index is 997. The Kier molecular flexibility index (Phi) is 40.8. The van der Waals surface area contributed by atoms with Crippen molar-refractivity contribution in [3.63, 3.8) is 0 Å². The van der Waals surface area contributed by atoms with Crippen LogP contribution in [0.15, 0.2) is 48.6 Å². The van der Waals surface area contributed by atoms with Crippen LogP contribution in [0.5, 0.6) is 0 Å². The topological polar surface area (TPSA) is 132 Å². The summed E-state index contributed by atoms with van der Waals surface area (Å²) in [6, 6.07) is 0. The first-order valence-electron chi connectivity index (χ1n) is 22.1. The minimum Gasteiger partial charge on any atom is -0.457 e. The van der Waals surface area contributed by atoms with Gasteiger partial charge >= 0.3 is 13.8 Å². The molecule has 0 aromatic heterocycles. The Labute approximate surface area is 337 Å². The van der Waals surface area contributed by atoms with E-state index in [9.17, 15) is 19.4 Å². The van der Waals surface area contributed by atoms with Gasteiger partial charge in [0.05, 0.1) is 26.4 Å². The number of hydrogen-bond donors (Lipinski definition) is 3. The van der Waals surface area contributed by atoms with Crippen molar-refractivity contribution in [1.29, 1.82) is 0 Å². The molecule has 0 fully saturated rings. The van der Waals surface area contributed by atoms with Crippen molar-refractivity contribution < 1.29 is 43.0 Å². The molecular formula is C45H83O9P. The molecule has 10 heteroatoms. The van der Waals surface area contributed by atoms with Crippen LogP contribution in [-0.4, -0.2) is 66.3 Å². The fraction of sp³-hybridized carbons (Fsp3) is 0.800. The van der Waals surface area contributed by atoms with Crippen LogP contribution < -0.4 is 0 Å². The maximum atomic E-state index is 12.6. The molecule has 322 valence electrons. The molecule has 0 bridgehead atoms. The summed E-state index contributed by atoms with van der Waals surface area (Å²) in [5.41, 5.74) is 0. The summed E-state index contributed by atoms with van der Waals surface area (Å²) in [7, 11) is -4.52. The number of carbonyl (C=O) groups is 1. The van der Waals surface area contributed by atoms with Crippen molar-refractivity contribution in [2.75, 3.05) is 33.0 Å². The molecule has 0 spiro atoms. The van der Waals surface area contributed by atoms with Gasteiger partial charge in [0.2, 0.25) is 0 Å². The average Bonchev–Trinajstić information content (AvgIpc) is 3.18. The number of carbonyl (C=O) groups excluding carboxylic acids is 1. The molecule has 0 aliphatic rings. The van der Waals surface area contributed by atoms with Gasteiger partial charge in [-0.1, -0.05) is 159 Å². The zero-order valence-electron chi connectivity index (χ0n) is 35.1. The number of hydrogen-bond acceptors (Lipinski definition) is 8. The highest BCUT2D eigenvalue weighted by Crippen LogP contribution is 2.43. The Hall–Kier alpha value is -1.58. The Morgan fingerprint density at radius 3 is 1.58 bits per heavy atom. The molecule has 3 N–H and O–H groups in total. The summed E-state index contributed by atoms with van der Waals surface area (Å²) >= 11 is 0. The zero-order valence-corrected chi connectivity index (χ0v) is 36.0. The molecule has 0 saturated heterocycles. The van der Waals surface area contributed by atoms with E-state index in [0.717, 1.165) is 77.0 Å². The SMILES string of the molecule is CC/C=C\C/C=C\C/C=C\CCCCCCCCCCOCC(COP(=O)(O)OCC(O)CO)OC(=O)CCCCCCC/C=C\CCCCCCCCC. The third-order valence-corrected chi connectivity index (χ3v) is 10.2. The van der Waals surface area contributed by atoms with Gasteiger partial charge in [0, 0.05) is 13.0 Å². The third kappa shape index (κ3) is 41.9. The van der Waals surface area contributed by atoms with Crippen LogP contribution in [0.1, 0.15) is 187 Å². The van der Waals surface area contributed by atoms with Crippen molar-refractivity contribution >= 4 is 13.8 Å². The van der Waals surface area contributed by atoms with E-state index in [4.69, 9.17) is 23.6 Å². The van der Waals surface area contributed by atoms with E-state index in [1.807, 2.05) is 0 Å². The first-order chi connectivity index (χ1) is 26.8. The number of esters is 1. The molecule has 0 aromatic carbocycles. The molecule has 0 amide bonds. The molecule has 0 heterocycles. The van der Waals surface area contributed by atoms with Gasteiger partial charge < -0.3 is 24.6 Å². The van der Waals surface area contributed by atoms with Crippen LogP contribution in [-0.2, 0) is 27.9 Å². The second-order valence-electron chi connectivity index (χ2n) is 14.7. The lowest BCUT2D eigenvalue weighted by atomic mass is 10.1. The van der Waals surface area contributed by atoms with E-state index < -0.39 is 39.2 Å². The summed E-state index contributed by atoms with van der Waals surface area (Å²) in [4.78, 5) is 22.6. The van der Waals surface area contributed by atoms with Gasteiger partial charge in [-0.2, -0.15) is 0 Å². The lowest BCUT2D eigenvalue weighted by Crippen LogP contribution is -2.29. The highest BCUT2D eigenvalue weighted by Gasteiger charge is 2.26. The molecule has 0 saturated carbocycles. The number of unbranched alkanes of at least 4 members (excludes halogenated alkanes) is 20. The molecule has 0 radical (unpaired) electrons. The lowest BCUT2D eigenvalue weighted by molar-refractivity contribution is -0.154. The van der Waals surface area contributed by atoms with Crippen molar-refractivity contribution in [2.24, 2.45) is 0 Å². The highest BCUT2D eigenvalue weighted by atomic mass is 31.2. The highest BCUT2D eigenvalue weighted by molar-refractivity contribution is 7.47. The summed E-state index contributed by atoms with van der Waals surface area (Å²) in [5.74, 6) is -0.394. The van der Waals surface area contributed by atoms with Gasteiger partial charge in [-0.15, -0.1) is 0 Å². The van der Waals surface area contributed by atoms with Gasteiger partial charge in [-0.3, -0.25) is 13.8 Å². The summed E-state index contributed by atoms with van der Waals surface area (Å²) < 4.78 is 33.4. The molecule has 55 heavy (non-hydrogen) atoms. The van der Waals surface area contributed by atoms with Crippen LogP contribution >= 0.6 is 7.82 Å². The molecular weight excluding hydrogens is 715 g/mol. The van der Waals surface area contributed by atoms with Crippen LogP contribution in [0.4, 0.5) is 0 Å². The Morgan fingerprint density at radius 2 is 1.04 bits per heavy atom. The first-order valence-corrected chi connectivity index (χ1v) is 23.6. The normalized spacial score (nSPS) is 14.5. The van der Waals surface area contributed by atoms with Gasteiger partial charge in [0.25, 0.3) is 0 Å². The van der Waals surface area contributed by atoms with Gasteiger partial charge in [0.15, 0.2) is 0 Å². The van der Waals surface area contributed by atoms with E-state index in [1.54, 1.807) is 0 Å². The molecule has 9 nitrogen and oxygen atoms in total. The Balaban J connectivity index is 4.18. The quantitative estimate of drug-likeness (QED) is 0.0239. The zero-order chi connectivity index (χ0) is 40.3. The first kappa shape index (κ1) is 53.4. The van der Waals surface area contributed by atoms with Crippen molar-refractivity contribution in [2.45, 2.75) is 199 Å². The van der Waals surface area contributed by atoms with Crippen LogP contribution in [0.25, 0.3) is 0 Å². The van der Waals surface area contributed by atoms with Crippen molar-refractivity contribution in [1.82, 2.24) is 0 Å². The average molecular weight is 799 g/mol. The molecule has 0 aliphatic heterocycles. The largest absolute Gasteiger partial charge is 0.472 e. The second kappa shape index (κ2) is 42.0. The maximum absolute atomic E-state index is 12.6. The number of aliphatic hydroxyl groups is 2. The molecule has 0 rings (SSSR count). The minimum atomic E-state index is -4.52. The van der Waals surface area contributed by atoms with Gasteiger partial charge in [0.1, 0.15) is 12.2 Å². The maximum Gasteiger partial charge on any atom is 0.472 e. The van der Waals surface area contributed by atoms with Crippen LogP contribution in [0, 0.1) is 0 Å². The van der Waals surface area contributed by atoms with Gasteiger partial charge in [-0.25, -0.2) is 4.57 Å². The summed E-state index contributed by atoms with van der Waals surface area (Å²) in [6.45, 7) is 3.38. The monoisotopic (exact) mass is 799 g/mol. The smallest absolute Gasteiger partial charge is 0.457 e. The second-order valence-corrected chi connectivity index (χ2v) is 16.1. The van der Waals surface area contributed by atoms with E-state index >= 15 is 0 Å². The molecule has 0 aromatic rings. The molecule has 3 atom stereocenters. The number of rotatable bonds is 42. The summed E-state index contributed by atoms with van der Waals surface area (Å²) in [6.07, 6.45) is 46.4. The third-order valence-electron chi connectivity index (χ3n) is 9.25. The van der Waals surface area contributed by atoms with E-state index in [-0.39, 0.29) is 19.6 Å². The summed E-state index contributed by atoms with van der Waals surface area (Å²) in [5, 5.41) is 18.4. The number of allylic oxidation sites excluding steroid dienone is 8. The predicted octanol–water partition coefficient (Wildman–Crippen LogP) is 12.2.